The SMILES string of the molecule is C=CC(=O)N1CCN(Cc2ccc(CNc3ncc4c(n3)N(CC)C(=O)OC4)cc2)CC1.CC1CC1.CO. The number of anilines is 2. The van der Waals surface area contributed by atoms with Crippen molar-refractivity contribution >= 4 is 23.8 Å². The van der Waals surface area contributed by atoms with E-state index in [0.29, 0.717) is 24.9 Å². The van der Waals surface area contributed by atoms with E-state index in [-0.39, 0.29) is 18.6 Å². The van der Waals surface area contributed by atoms with Crippen LogP contribution in [0.5, 0.6) is 0 Å². The molecule has 2 aromatic rings. The fourth-order valence-electron chi connectivity index (χ4n) is 4.03. The first-order valence-corrected chi connectivity index (χ1v) is 13.2. The van der Waals surface area contributed by atoms with Gasteiger partial charge in [0, 0.05) is 59.1 Å². The van der Waals surface area contributed by atoms with Crippen molar-refractivity contribution in [3.8, 4) is 0 Å². The largest absolute Gasteiger partial charge is 0.444 e. The molecule has 10 heteroatoms. The number of nitrogens with one attached hydrogen (secondary N) is 1. The van der Waals surface area contributed by atoms with Gasteiger partial charge in [-0.05, 0) is 30.0 Å². The summed E-state index contributed by atoms with van der Waals surface area (Å²) in [6.45, 7) is 13.0. The number of aromatic nitrogens is 2. The molecule has 0 radical (unpaired) electrons. The highest BCUT2D eigenvalue weighted by molar-refractivity contribution is 5.89. The van der Waals surface area contributed by atoms with Crippen molar-refractivity contribution in [3.63, 3.8) is 0 Å². The number of piperazine rings is 1. The molecule has 2 N–H and O–H groups in total. The molecule has 0 atom stereocenters. The molecule has 2 fully saturated rings. The minimum Gasteiger partial charge on any atom is -0.444 e. The van der Waals surface area contributed by atoms with Gasteiger partial charge in [-0.2, -0.15) is 4.98 Å². The highest BCUT2D eigenvalue weighted by Gasteiger charge is 2.26. The van der Waals surface area contributed by atoms with Crippen molar-refractivity contribution in [2.24, 2.45) is 5.92 Å². The Bertz CT molecular complexity index is 1070. The van der Waals surface area contributed by atoms with Crippen LogP contribution >= 0.6 is 0 Å². The van der Waals surface area contributed by atoms with Crippen molar-refractivity contribution in [3.05, 3.63) is 59.8 Å². The molecule has 38 heavy (non-hydrogen) atoms. The Hall–Kier alpha value is -3.50. The number of carbonyl (C=O) groups is 2. The third kappa shape index (κ3) is 8.26. The minimum atomic E-state index is -0.381. The Morgan fingerprint density at radius 3 is 2.37 bits per heavy atom. The zero-order valence-electron chi connectivity index (χ0n) is 22.7. The van der Waals surface area contributed by atoms with E-state index < -0.39 is 0 Å². The first kappa shape index (κ1) is 29.1. The number of carbonyl (C=O) groups excluding carboxylic acids is 2. The van der Waals surface area contributed by atoms with Crippen LogP contribution in [0.15, 0.2) is 43.1 Å². The maximum atomic E-state index is 11.9. The summed E-state index contributed by atoms with van der Waals surface area (Å²) in [5, 5.41) is 10.2. The lowest BCUT2D eigenvalue weighted by molar-refractivity contribution is -0.127. The lowest BCUT2D eigenvalue weighted by Crippen LogP contribution is -2.47. The van der Waals surface area contributed by atoms with E-state index in [2.05, 4.69) is 58.0 Å². The van der Waals surface area contributed by atoms with Gasteiger partial charge in [-0.25, -0.2) is 9.78 Å². The second-order valence-corrected chi connectivity index (χ2v) is 9.50. The van der Waals surface area contributed by atoms with Gasteiger partial charge >= 0.3 is 6.09 Å². The van der Waals surface area contributed by atoms with Crippen LogP contribution in [0.2, 0.25) is 0 Å². The highest BCUT2D eigenvalue weighted by atomic mass is 16.6. The van der Waals surface area contributed by atoms with Crippen molar-refractivity contribution < 1.29 is 19.4 Å². The molecule has 0 spiro atoms. The van der Waals surface area contributed by atoms with Crippen LogP contribution in [-0.4, -0.2) is 76.7 Å². The van der Waals surface area contributed by atoms with E-state index >= 15 is 0 Å². The first-order chi connectivity index (χ1) is 18.5. The molecule has 5 rings (SSSR count). The number of hydrogen-bond donors (Lipinski definition) is 2. The lowest BCUT2D eigenvalue weighted by Gasteiger charge is -2.34. The van der Waals surface area contributed by atoms with Gasteiger partial charge < -0.3 is 20.1 Å². The summed E-state index contributed by atoms with van der Waals surface area (Å²) < 4.78 is 5.13. The number of ether oxygens (including phenoxy) is 1. The second kappa shape index (κ2) is 14.4. The Kier molecular flexibility index (Phi) is 11.0. The number of fused-ring (bicyclic) bond motifs is 1. The number of cyclic esters (lactones) is 1. The van der Waals surface area contributed by atoms with Crippen molar-refractivity contribution in [1.82, 2.24) is 19.8 Å². The minimum absolute atomic E-state index is 0.00624. The van der Waals surface area contributed by atoms with Gasteiger partial charge in [-0.1, -0.05) is 50.6 Å². The first-order valence-electron chi connectivity index (χ1n) is 13.2. The smallest absolute Gasteiger partial charge is 0.415 e. The third-order valence-electron chi connectivity index (χ3n) is 6.59. The average molecular weight is 525 g/mol. The van der Waals surface area contributed by atoms with Gasteiger partial charge in [0.1, 0.15) is 12.4 Å². The summed E-state index contributed by atoms with van der Waals surface area (Å²) in [6.07, 6.45) is 5.67. The summed E-state index contributed by atoms with van der Waals surface area (Å²) >= 11 is 0. The zero-order chi connectivity index (χ0) is 27.5. The van der Waals surface area contributed by atoms with E-state index in [9.17, 15) is 9.59 Å². The third-order valence-corrected chi connectivity index (χ3v) is 6.59. The standard InChI is InChI=1S/C23H28N6O3.C4H8.CH4O/c1-3-20(30)28-11-9-27(10-12-28)15-18-7-5-17(6-8-18)13-24-22-25-14-19-16-32-23(31)29(4-2)21(19)26-22;1-4-2-3-4;1-2/h3,5-8,14H,1,4,9-13,15-16H2,2H3,(H,24,25,26);4H,2-3H2,1H3;2H,1H3. The molecule has 1 aliphatic carbocycles. The van der Waals surface area contributed by atoms with Crippen LogP contribution in [0.1, 0.15) is 43.4 Å². The van der Waals surface area contributed by atoms with Gasteiger partial charge in [-0.3, -0.25) is 14.6 Å². The molecule has 1 saturated heterocycles. The average Bonchev–Trinajstić information content (AvgIpc) is 3.75. The summed E-state index contributed by atoms with van der Waals surface area (Å²) in [5.41, 5.74) is 3.15. The predicted octanol–water partition coefficient (Wildman–Crippen LogP) is 3.42. The number of aliphatic hydroxyl groups excluding tert-OH is 1. The van der Waals surface area contributed by atoms with Crippen LogP contribution in [0, 0.1) is 5.92 Å². The fourth-order valence-corrected chi connectivity index (χ4v) is 4.03. The van der Waals surface area contributed by atoms with Gasteiger partial charge in [0.15, 0.2) is 0 Å². The summed E-state index contributed by atoms with van der Waals surface area (Å²) in [5.74, 6) is 2.17. The van der Waals surface area contributed by atoms with Gasteiger partial charge in [0.25, 0.3) is 0 Å². The van der Waals surface area contributed by atoms with Crippen LogP contribution in [-0.2, 0) is 29.2 Å². The number of nitrogens with zero attached hydrogens (tertiary/aromatic N) is 5. The molecule has 2 aliphatic heterocycles. The summed E-state index contributed by atoms with van der Waals surface area (Å²) in [7, 11) is 1.00. The number of aliphatic hydroxyl groups is 1. The fraction of sp³-hybridized carbons (Fsp3) is 0.500. The van der Waals surface area contributed by atoms with E-state index in [1.807, 2.05) is 11.8 Å². The van der Waals surface area contributed by atoms with Crippen LogP contribution < -0.4 is 10.2 Å². The number of hydrogen-bond acceptors (Lipinski definition) is 8. The van der Waals surface area contributed by atoms with Gasteiger partial charge in [-0.15, -0.1) is 0 Å². The topological polar surface area (TPSA) is 111 Å². The van der Waals surface area contributed by atoms with Crippen LogP contribution in [0.3, 0.4) is 0 Å². The Morgan fingerprint density at radius 2 is 1.79 bits per heavy atom. The van der Waals surface area contributed by atoms with Gasteiger partial charge in [0.05, 0.1) is 5.56 Å². The van der Waals surface area contributed by atoms with Crippen LogP contribution in [0.4, 0.5) is 16.6 Å². The molecule has 2 amide bonds. The monoisotopic (exact) mass is 524 g/mol. The van der Waals surface area contributed by atoms with E-state index in [0.717, 1.165) is 56.9 Å². The maximum absolute atomic E-state index is 11.9. The van der Waals surface area contributed by atoms with E-state index in [1.165, 1.54) is 29.4 Å². The quantitative estimate of drug-likeness (QED) is 0.530. The Labute approximate surface area is 225 Å². The van der Waals surface area contributed by atoms with E-state index in [4.69, 9.17) is 9.84 Å². The zero-order valence-corrected chi connectivity index (χ0v) is 22.7. The number of benzene rings is 1. The number of amides is 2. The van der Waals surface area contributed by atoms with Crippen molar-refractivity contribution in [2.75, 3.05) is 50.1 Å². The molecular formula is C28H40N6O4. The molecule has 10 nitrogen and oxygen atoms in total. The molecule has 1 aromatic carbocycles. The Balaban J connectivity index is 0.000000598. The van der Waals surface area contributed by atoms with Crippen LogP contribution in [0.25, 0.3) is 0 Å². The molecule has 3 heterocycles. The van der Waals surface area contributed by atoms with Gasteiger partial charge in [0.2, 0.25) is 11.9 Å². The molecule has 3 aliphatic rings. The molecule has 0 bridgehead atoms. The lowest BCUT2D eigenvalue weighted by atomic mass is 10.1. The molecular weight excluding hydrogens is 484 g/mol. The molecule has 206 valence electrons. The molecule has 0 unspecified atom stereocenters. The highest BCUT2D eigenvalue weighted by Crippen LogP contribution is 2.27. The van der Waals surface area contributed by atoms with E-state index in [1.54, 1.807) is 6.20 Å². The normalized spacial score (nSPS) is 16.7. The second-order valence-electron chi connectivity index (χ2n) is 9.50. The molecule has 1 aromatic heterocycles. The molecule has 1 saturated carbocycles. The summed E-state index contributed by atoms with van der Waals surface area (Å²) in [6, 6.07) is 8.43. The predicted molar refractivity (Wildman–Crippen MR) is 148 cm³/mol. The number of rotatable bonds is 7. The summed E-state index contributed by atoms with van der Waals surface area (Å²) in [4.78, 5) is 38.2. The van der Waals surface area contributed by atoms with Crippen molar-refractivity contribution in [1.29, 1.82) is 0 Å². The maximum Gasteiger partial charge on any atom is 0.415 e. The van der Waals surface area contributed by atoms with Crippen molar-refractivity contribution in [2.45, 2.75) is 46.4 Å². The Morgan fingerprint density at radius 1 is 1.16 bits per heavy atom.